The fourth-order valence-electron chi connectivity index (χ4n) is 0. The van der Waals surface area contributed by atoms with E-state index in [0.29, 0.717) is 0 Å². The van der Waals surface area contributed by atoms with Crippen LogP contribution in [0.1, 0.15) is 0 Å². The molecule has 0 aromatic carbocycles. The van der Waals surface area contributed by atoms with Gasteiger partial charge >= 0.3 is 0 Å². The topological polar surface area (TPSA) is 0 Å². The Kier molecular flexibility index (Phi) is 126. The van der Waals surface area contributed by atoms with Gasteiger partial charge in [0.25, 0.3) is 0 Å². The molecule has 0 atom stereocenters. The molecule has 0 aliphatic heterocycles. The Morgan fingerprint density at radius 1 is 1.00 bits per heavy atom. The summed E-state index contributed by atoms with van der Waals surface area (Å²) in [6.45, 7) is 0. The first-order valence-corrected chi connectivity index (χ1v) is 0. The molecule has 0 heterocycles. The summed E-state index contributed by atoms with van der Waals surface area (Å²) in [5.41, 5.74) is 0. The number of hydrogen-bond donors (Lipinski definition) is 0. The second-order valence-corrected chi connectivity index (χ2v) is 0. The van der Waals surface area contributed by atoms with Gasteiger partial charge in [0.1, 0.15) is 0 Å². The van der Waals surface area contributed by atoms with E-state index in [-0.39, 0.29) is 90.5 Å². The number of hydrogen-bond acceptors (Lipinski definition) is 0. The molecule has 0 saturated carbocycles. The van der Waals surface area contributed by atoms with Gasteiger partial charge in [0.2, 0.25) is 0 Å². The average Bonchev–Trinajstić information content (AvgIpc) is 0. The van der Waals surface area contributed by atoms with E-state index in [1.807, 2.05) is 0 Å². The van der Waals surface area contributed by atoms with Gasteiger partial charge in [-0.2, -0.15) is 0 Å². The first kappa shape index (κ1) is 29.4. The monoisotopic (exact) mass is 525 g/mol. The van der Waals surface area contributed by atoms with Gasteiger partial charge in [-0.1, -0.05) is 0 Å². The molecule has 0 nitrogen and oxygen atoms in total. The molecule has 0 aromatic rings. The molecule has 0 amide bonds. The van der Waals surface area contributed by atoms with Crippen molar-refractivity contribution >= 4 is 8.41 Å². The third-order valence-corrected chi connectivity index (χ3v) is 0. The quantitative estimate of drug-likeness (QED) is 0.381. The van der Waals surface area contributed by atoms with Crippen LogP contribution in [0.5, 0.6) is 0 Å². The van der Waals surface area contributed by atoms with Crippen LogP contribution in [-0.4, -0.2) is 8.41 Å². The maximum atomic E-state index is 0. The van der Waals surface area contributed by atoms with Gasteiger partial charge in [0.15, 0.2) is 0 Å². The molecule has 4 heavy (non-hydrogen) atoms. The Balaban J connectivity index is 0. The largest absolute Gasteiger partial charge is 0 e. The number of rotatable bonds is 0. The minimum absolute atomic E-state index is 0. The van der Waals surface area contributed by atoms with E-state index in [9.17, 15) is 0 Å². The predicted octanol–water partition coefficient (Wildman–Crippen LogP) is -0.386. The zero-order chi connectivity index (χ0) is 0. The van der Waals surface area contributed by atoms with Gasteiger partial charge in [-0.25, -0.2) is 0 Å². The first-order valence-electron chi connectivity index (χ1n) is 0. The van der Waals surface area contributed by atoms with Gasteiger partial charge in [0.05, 0.1) is 0 Å². The van der Waals surface area contributed by atoms with Crippen LogP contribution in [0.15, 0.2) is 0 Å². The van der Waals surface area contributed by atoms with Crippen molar-refractivity contribution in [1.82, 2.24) is 0 Å². The van der Waals surface area contributed by atoms with Crippen LogP contribution in [0.3, 0.4) is 0 Å². The summed E-state index contributed by atoms with van der Waals surface area (Å²) in [6, 6.07) is 0. The SMILES string of the molecule is [B].[Mo].[Th].[W]. The molecule has 4 heteroatoms. The Labute approximate surface area is 88.7 Å². The van der Waals surface area contributed by atoms with E-state index in [4.69, 9.17) is 0 Å². The normalized spacial score (nSPS) is 0. The van der Waals surface area contributed by atoms with Gasteiger partial charge in [-0.05, 0) is 0 Å². The van der Waals surface area contributed by atoms with E-state index >= 15 is 0 Å². The second-order valence-electron chi connectivity index (χ2n) is 0. The molecular weight excluding hydrogens is 523 g/mol. The van der Waals surface area contributed by atoms with E-state index in [1.165, 1.54) is 0 Å². The Hall–Kier alpha value is 2.77. The van der Waals surface area contributed by atoms with Crippen LogP contribution in [-0.2, 0) is 42.1 Å². The fraction of sp³-hybridized carbons (Fsp3) is 0. The molecular formula is BMoThW. The average molecular weight is 523 g/mol. The summed E-state index contributed by atoms with van der Waals surface area (Å²) in [5, 5.41) is 0. The molecule has 0 fully saturated rings. The van der Waals surface area contributed by atoms with Gasteiger partial charge in [-0.3, -0.25) is 0 Å². The van der Waals surface area contributed by atoms with Crippen LogP contribution in [0, 0.1) is 39.9 Å². The fourth-order valence-corrected chi connectivity index (χ4v) is 0. The Morgan fingerprint density at radius 3 is 1.00 bits per heavy atom. The maximum Gasteiger partial charge on any atom is 0 e. The third kappa shape index (κ3) is 8.84. The predicted molar refractivity (Wildman–Crippen MR) is 5.75 cm³/mol. The van der Waals surface area contributed by atoms with Crippen molar-refractivity contribution < 1.29 is 82.1 Å². The van der Waals surface area contributed by atoms with Gasteiger partial charge < -0.3 is 0 Å². The van der Waals surface area contributed by atoms with Crippen molar-refractivity contribution in [3.05, 3.63) is 0 Å². The van der Waals surface area contributed by atoms with E-state index in [1.54, 1.807) is 0 Å². The molecule has 0 unspecified atom stereocenters. The van der Waals surface area contributed by atoms with Crippen molar-refractivity contribution in [2.45, 2.75) is 0 Å². The smallest absolute Gasteiger partial charge is 0 e. The summed E-state index contributed by atoms with van der Waals surface area (Å²) in [4.78, 5) is 0. The van der Waals surface area contributed by atoms with E-state index in [0.717, 1.165) is 0 Å². The molecule has 3 radical (unpaired) electrons. The van der Waals surface area contributed by atoms with Gasteiger partial charge in [-0.15, -0.1) is 0 Å². The Bertz CT molecular complexity index is 8.00. The zero-order valence-corrected chi connectivity index (χ0v) is 10.9. The molecule has 0 saturated heterocycles. The minimum atomic E-state index is 0. The Morgan fingerprint density at radius 2 is 1.00 bits per heavy atom. The molecule has 0 aromatic heterocycles. The van der Waals surface area contributed by atoms with Gasteiger partial charge in [0, 0.05) is 90.5 Å². The zero-order valence-electron chi connectivity index (χ0n) is 1.89. The maximum absolute atomic E-state index is 0. The van der Waals surface area contributed by atoms with Crippen LogP contribution in [0.4, 0.5) is 0 Å². The molecule has 19 valence electrons. The molecule has 0 aliphatic carbocycles. The third-order valence-electron chi connectivity index (χ3n) is 0. The summed E-state index contributed by atoms with van der Waals surface area (Å²) in [5.74, 6) is 0. The standard InChI is InChI=1S/B.Mo.Th.W. The molecule has 0 aliphatic rings. The van der Waals surface area contributed by atoms with Crippen LogP contribution < -0.4 is 0 Å². The van der Waals surface area contributed by atoms with Crippen molar-refractivity contribution in [3.8, 4) is 0 Å². The van der Waals surface area contributed by atoms with Crippen molar-refractivity contribution in [2.75, 3.05) is 0 Å². The van der Waals surface area contributed by atoms with E-state index in [2.05, 4.69) is 0 Å². The summed E-state index contributed by atoms with van der Waals surface area (Å²) < 4.78 is 0. The minimum Gasteiger partial charge on any atom is 0 e. The molecule has 0 bridgehead atoms. The summed E-state index contributed by atoms with van der Waals surface area (Å²) in [7, 11) is 0. The summed E-state index contributed by atoms with van der Waals surface area (Å²) in [6.07, 6.45) is 0. The van der Waals surface area contributed by atoms with E-state index < -0.39 is 0 Å². The van der Waals surface area contributed by atoms with Crippen molar-refractivity contribution in [3.63, 3.8) is 0 Å². The first-order chi connectivity index (χ1) is 0. The van der Waals surface area contributed by atoms with Crippen molar-refractivity contribution in [1.29, 1.82) is 0 Å². The molecule has 0 spiro atoms. The molecule has 0 rings (SSSR count). The molecule has 0 N–H and O–H groups in total. The second kappa shape index (κ2) is 17.1. The summed E-state index contributed by atoms with van der Waals surface area (Å²) >= 11 is 0. The van der Waals surface area contributed by atoms with Crippen LogP contribution in [0.2, 0.25) is 0 Å². The van der Waals surface area contributed by atoms with Crippen LogP contribution >= 0.6 is 0 Å². The van der Waals surface area contributed by atoms with Crippen LogP contribution in [0.25, 0.3) is 0 Å². The van der Waals surface area contributed by atoms with Crippen molar-refractivity contribution in [2.24, 2.45) is 0 Å².